The number of piperazine rings is 1. The van der Waals surface area contributed by atoms with Gasteiger partial charge in [0.1, 0.15) is 6.26 Å². The van der Waals surface area contributed by atoms with Crippen LogP contribution in [0, 0.1) is 0 Å². The van der Waals surface area contributed by atoms with Gasteiger partial charge in [0, 0.05) is 38.6 Å². The summed E-state index contributed by atoms with van der Waals surface area (Å²) in [5.41, 5.74) is -0.0543. The maximum atomic E-state index is 10.7. The molecule has 0 amide bonds. The van der Waals surface area contributed by atoms with Gasteiger partial charge in [-0.15, -0.1) is 0 Å². The molecule has 2 aromatic rings. The van der Waals surface area contributed by atoms with Crippen molar-refractivity contribution < 1.29 is 14.3 Å². The van der Waals surface area contributed by atoms with Crippen LogP contribution in [0.3, 0.4) is 0 Å². The molecular weight excluding hydrogens is 274 g/mol. The van der Waals surface area contributed by atoms with Crippen LogP contribution in [0.1, 0.15) is 16.4 Å². The number of anilines is 1. The molecule has 0 unspecified atom stereocenters. The zero-order chi connectivity index (χ0) is 14.7. The van der Waals surface area contributed by atoms with E-state index in [0.29, 0.717) is 12.4 Å². The maximum absolute atomic E-state index is 10.7. The number of carbonyl (C=O) groups is 1. The van der Waals surface area contributed by atoms with E-state index in [0.717, 1.165) is 32.1 Å². The van der Waals surface area contributed by atoms with Crippen molar-refractivity contribution in [3.8, 4) is 0 Å². The summed E-state index contributed by atoms with van der Waals surface area (Å²) in [6.07, 6.45) is 4.63. The van der Waals surface area contributed by atoms with Crippen molar-refractivity contribution in [2.24, 2.45) is 0 Å². The third kappa shape index (κ3) is 3.16. The zero-order valence-corrected chi connectivity index (χ0v) is 11.3. The quantitative estimate of drug-likeness (QED) is 0.868. The second kappa shape index (κ2) is 5.88. The smallest absolute Gasteiger partial charge is 0.357 e. The topological polar surface area (TPSA) is 95.6 Å². The molecule has 3 rings (SSSR count). The third-order valence-electron chi connectivity index (χ3n) is 3.34. The van der Waals surface area contributed by atoms with Crippen LogP contribution in [0.2, 0.25) is 0 Å². The number of oxazole rings is 1. The van der Waals surface area contributed by atoms with Crippen LogP contribution in [0.15, 0.2) is 29.1 Å². The summed E-state index contributed by atoms with van der Waals surface area (Å²) in [7, 11) is 0. The molecule has 0 spiro atoms. The molecule has 2 aromatic heterocycles. The van der Waals surface area contributed by atoms with Crippen LogP contribution < -0.4 is 4.90 Å². The molecule has 1 N–H and O–H groups in total. The van der Waals surface area contributed by atoms with Crippen molar-refractivity contribution in [1.82, 2.24) is 19.9 Å². The van der Waals surface area contributed by atoms with Crippen LogP contribution >= 0.6 is 0 Å². The predicted molar refractivity (Wildman–Crippen MR) is 73.0 cm³/mol. The Labute approximate surface area is 121 Å². The summed E-state index contributed by atoms with van der Waals surface area (Å²) in [5.74, 6) is 0.0919. The number of nitrogens with zero attached hydrogens (tertiary/aromatic N) is 5. The van der Waals surface area contributed by atoms with E-state index < -0.39 is 5.97 Å². The van der Waals surface area contributed by atoms with E-state index in [2.05, 4.69) is 24.8 Å². The minimum absolute atomic E-state index is 0.0543. The molecule has 1 aliphatic rings. The van der Waals surface area contributed by atoms with E-state index in [1.807, 2.05) is 0 Å². The molecule has 0 atom stereocenters. The van der Waals surface area contributed by atoms with Gasteiger partial charge in [-0.3, -0.25) is 4.90 Å². The number of aromatic carboxylic acids is 1. The lowest BCUT2D eigenvalue weighted by Gasteiger charge is -2.33. The monoisotopic (exact) mass is 289 g/mol. The molecule has 1 saturated heterocycles. The highest BCUT2D eigenvalue weighted by molar-refractivity contribution is 5.84. The molecule has 1 fully saturated rings. The van der Waals surface area contributed by atoms with Gasteiger partial charge in [-0.1, -0.05) is 0 Å². The molecule has 8 heteroatoms. The Morgan fingerprint density at radius 2 is 1.95 bits per heavy atom. The van der Waals surface area contributed by atoms with Gasteiger partial charge < -0.3 is 14.4 Å². The van der Waals surface area contributed by atoms with E-state index in [1.54, 1.807) is 18.5 Å². The van der Waals surface area contributed by atoms with Gasteiger partial charge in [0.25, 0.3) is 0 Å². The Balaban J connectivity index is 1.55. The van der Waals surface area contributed by atoms with Crippen LogP contribution in [0.25, 0.3) is 0 Å². The number of rotatable bonds is 4. The summed E-state index contributed by atoms with van der Waals surface area (Å²) < 4.78 is 5.17. The Morgan fingerprint density at radius 1 is 1.24 bits per heavy atom. The van der Waals surface area contributed by atoms with Crippen LogP contribution in [0.5, 0.6) is 0 Å². The van der Waals surface area contributed by atoms with E-state index in [4.69, 9.17) is 9.52 Å². The molecule has 21 heavy (non-hydrogen) atoms. The largest absolute Gasteiger partial charge is 0.476 e. The summed E-state index contributed by atoms with van der Waals surface area (Å²) in [4.78, 5) is 27.4. The first-order valence-corrected chi connectivity index (χ1v) is 6.64. The van der Waals surface area contributed by atoms with Gasteiger partial charge in [-0.2, -0.15) is 0 Å². The third-order valence-corrected chi connectivity index (χ3v) is 3.34. The Kier molecular flexibility index (Phi) is 3.78. The average Bonchev–Trinajstić information content (AvgIpc) is 2.98. The Bertz CT molecular complexity index is 607. The highest BCUT2D eigenvalue weighted by Crippen LogP contribution is 2.12. The van der Waals surface area contributed by atoms with Gasteiger partial charge in [0.05, 0.1) is 6.54 Å². The number of carboxylic acids is 1. The van der Waals surface area contributed by atoms with Crippen molar-refractivity contribution in [2.75, 3.05) is 31.1 Å². The predicted octanol–water partition coefficient (Wildman–Crippen LogP) is 0.485. The molecule has 0 saturated carbocycles. The minimum Gasteiger partial charge on any atom is -0.476 e. The van der Waals surface area contributed by atoms with Crippen LogP contribution in [0.4, 0.5) is 5.95 Å². The number of aromatic nitrogens is 3. The summed E-state index contributed by atoms with van der Waals surface area (Å²) >= 11 is 0. The van der Waals surface area contributed by atoms with Crippen molar-refractivity contribution >= 4 is 11.9 Å². The van der Waals surface area contributed by atoms with Gasteiger partial charge in [0.2, 0.25) is 11.8 Å². The highest BCUT2D eigenvalue weighted by Gasteiger charge is 2.20. The van der Waals surface area contributed by atoms with Crippen molar-refractivity contribution in [3.05, 3.63) is 36.3 Å². The summed E-state index contributed by atoms with van der Waals surface area (Å²) in [6, 6.07) is 1.79. The van der Waals surface area contributed by atoms with E-state index in [9.17, 15) is 4.79 Å². The zero-order valence-electron chi connectivity index (χ0n) is 11.3. The molecule has 0 aliphatic carbocycles. The molecule has 0 aromatic carbocycles. The molecule has 110 valence electrons. The summed E-state index contributed by atoms with van der Waals surface area (Å²) in [6.45, 7) is 3.79. The molecule has 3 heterocycles. The molecular formula is C13H15N5O3. The highest BCUT2D eigenvalue weighted by atomic mass is 16.4. The standard InChI is InChI=1S/C13H15N5O3/c19-12(20)10-9-21-11(16-10)8-17-4-6-18(7-5-17)13-14-2-1-3-15-13/h1-3,9H,4-8H2,(H,19,20). The number of hydrogen-bond donors (Lipinski definition) is 1. The van der Waals surface area contributed by atoms with Crippen molar-refractivity contribution in [2.45, 2.75) is 6.54 Å². The first-order valence-electron chi connectivity index (χ1n) is 6.64. The molecule has 1 aliphatic heterocycles. The fraction of sp³-hybridized carbons (Fsp3) is 0.385. The van der Waals surface area contributed by atoms with Gasteiger partial charge in [-0.05, 0) is 6.07 Å². The minimum atomic E-state index is -1.07. The summed E-state index contributed by atoms with van der Waals surface area (Å²) in [5, 5.41) is 8.81. The number of hydrogen-bond acceptors (Lipinski definition) is 7. The maximum Gasteiger partial charge on any atom is 0.357 e. The fourth-order valence-electron chi connectivity index (χ4n) is 2.23. The lowest BCUT2D eigenvalue weighted by atomic mass is 10.3. The molecule has 8 nitrogen and oxygen atoms in total. The first kappa shape index (κ1) is 13.5. The second-order valence-electron chi connectivity index (χ2n) is 4.74. The van der Waals surface area contributed by atoms with Gasteiger partial charge >= 0.3 is 5.97 Å². The van der Waals surface area contributed by atoms with Gasteiger partial charge in [-0.25, -0.2) is 19.7 Å². The lowest BCUT2D eigenvalue weighted by molar-refractivity contribution is 0.0690. The Hall–Kier alpha value is -2.48. The van der Waals surface area contributed by atoms with Crippen molar-refractivity contribution in [3.63, 3.8) is 0 Å². The van der Waals surface area contributed by atoms with E-state index >= 15 is 0 Å². The van der Waals surface area contributed by atoms with Crippen molar-refractivity contribution in [1.29, 1.82) is 0 Å². The number of carboxylic acid groups (broad SMARTS) is 1. The molecule has 0 bridgehead atoms. The normalized spacial score (nSPS) is 16.1. The Morgan fingerprint density at radius 3 is 2.57 bits per heavy atom. The van der Waals surface area contributed by atoms with Gasteiger partial charge in [0.15, 0.2) is 5.69 Å². The van der Waals surface area contributed by atoms with E-state index in [1.165, 1.54) is 6.26 Å². The SMILES string of the molecule is O=C(O)c1coc(CN2CCN(c3ncccn3)CC2)n1. The molecule has 0 radical (unpaired) electrons. The van der Waals surface area contributed by atoms with Crippen LogP contribution in [-0.4, -0.2) is 57.1 Å². The van der Waals surface area contributed by atoms with Crippen LogP contribution in [-0.2, 0) is 6.54 Å². The second-order valence-corrected chi connectivity index (χ2v) is 4.74. The average molecular weight is 289 g/mol. The lowest BCUT2D eigenvalue weighted by Crippen LogP contribution is -2.46. The van der Waals surface area contributed by atoms with E-state index in [-0.39, 0.29) is 5.69 Å². The first-order chi connectivity index (χ1) is 10.2. The fourth-order valence-corrected chi connectivity index (χ4v) is 2.23.